The molecular formula is C16H29IN4O2S. The lowest BCUT2D eigenvalue weighted by atomic mass is 10.1. The molecule has 1 saturated heterocycles. The number of guanidine groups is 1. The molecule has 0 aromatic carbocycles. The van der Waals surface area contributed by atoms with Gasteiger partial charge >= 0.3 is 0 Å². The fourth-order valence-corrected chi connectivity index (χ4v) is 3.36. The van der Waals surface area contributed by atoms with Gasteiger partial charge < -0.3 is 19.7 Å². The van der Waals surface area contributed by atoms with Crippen molar-refractivity contribution in [1.29, 1.82) is 0 Å². The summed E-state index contributed by atoms with van der Waals surface area (Å²) < 4.78 is 10.6. The maximum Gasteiger partial charge on any atom is 0.193 e. The van der Waals surface area contributed by atoms with Crippen LogP contribution in [0.25, 0.3) is 0 Å². The Morgan fingerprint density at radius 2 is 2.33 bits per heavy atom. The first-order valence-corrected chi connectivity index (χ1v) is 9.04. The van der Waals surface area contributed by atoms with Crippen LogP contribution in [0.3, 0.4) is 0 Å². The van der Waals surface area contributed by atoms with Gasteiger partial charge in [0.2, 0.25) is 0 Å². The molecule has 6 nitrogen and oxygen atoms in total. The summed E-state index contributed by atoms with van der Waals surface area (Å²) in [6, 6.07) is 0. The van der Waals surface area contributed by atoms with Crippen LogP contribution in [0.2, 0.25) is 0 Å². The first-order valence-electron chi connectivity index (χ1n) is 8.16. The fraction of sp³-hybridized carbons (Fsp3) is 0.750. The van der Waals surface area contributed by atoms with Crippen LogP contribution in [-0.2, 0) is 15.9 Å². The molecule has 0 radical (unpaired) electrons. The zero-order chi connectivity index (χ0) is 16.5. The Hall–Kier alpha value is -0.450. The van der Waals surface area contributed by atoms with Gasteiger partial charge in [0.15, 0.2) is 5.96 Å². The molecule has 2 rings (SSSR count). The zero-order valence-electron chi connectivity index (χ0n) is 14.8. The van der Waals surface area contributed by atoms with E-state index < -0.39 is 0 Å². The average Bonchev–Trinajstić information content (AvgIpc) is 3.17. The summed E-state index contributed by atoms with van der Waals surface area (Å²) in [5.41, 5.74) is 1.15. The van der Waals surface area contributed by atoms with E-state index in [2.05, 4.69) is 25.6 Å². The number of hydrogen-bond acceptors (Lipinski definition) is 5. The molecule has 1 aliphatic rings. The van der Waals surface area contributed by atoms with E-state index in [0.29, 0.717) is 19.1 Å². The number of halogens is 1. The Bertz CT molecular complexity index is 498. The largest absolute Gasteiger partial charge is 0.382 e. The summed E-state index contributed by atoms with van der Waals surface area (Å²) in [4.78, 5) is 11.2. The van der Waals surface area contributed by atoms with E-state index in [-0.39, 0.29) is 24.0 Å². The minimum Gasteiger partial charge on any atom is -0.382 e. The zero-order valence-corrected chi connectivity index (χ0v) is 17.9. The quantitative estimate of drug-likeness (QED) is 0.274. The Morgan fingerprint density at radius 3 is 3.00 bits per heavy atom. The summed E-state index contributed by atoms with van der Waals surface area (Å²) in [6.07, 6.45) is 2.08. The van der Waals surface area contributed by atoms with Gasteiger partial charge in [-0.1, -0.05) is 0 Å². The fourth-order valence-electron chi connectivity index (χ4n) is 2.71. The third kappa shape index (κ3) is 7.20. The topological polar surface area (TPSA) is 59.0 Å². The highest BCUT2D eigenvalue weighted by Gasteiger charge is 2.24. The summed E-state index contributed by atoms with van der Waals surface area (Å²) >= 11 is 1.70. The predicted molar refractivity (Wildman–Crippen MR) is 110 cm³/mol. The Labute approximate surface area is 166 Å². The molecule has 138 valence electrons. The molecule has 0 spiro atoms. The van der Waals surface area contributed by atoms with Crippen molar-refractivity contribution in [3.8, 4) is 0 Å². The molecule has 1 aromatic rings. The Kier molecular flexibility index (Phi) is 10.8. The number of methoxy groups -OCH3 is 1. The van der Waals surface area contributed by atoms with Crippen LogP contribution < -0.4 is 5.32 Å². The molecule has 1 unspecified atom stereocenters. The molecule has 1 fully saturated rings. The molecule has 1 aromatic heterocycles. The second kappa shape index (κ2) is 12.0. The first kappa shape index (κ1) is 21.6. The Morgan fingerprint density at radius 1 is 1.50 bits per heavy atom. The van der Waals surface area contributed by atoms with Gasteiger partial charge in [-0.2, -0.15) is 0 Å². The van der Waals surface area contributed by atoms with Crippen molar-refractivity contribution in [3.63, 3.8) is 0 Å². The van der Waals surface area contributed by atoms with Crippen molar-refractivity contribution >= 4 is 41.3 Å². The van der Waals surface area contributed by atoms with Crippen molar-refractivity contribution in [3.05, 3.63) is 16.1 Å². The van der Waals surface area contributed by atoms with Crippen LogP contribution in [-0.4, -0.2) is 69.5 Å². The molecule has 2 heterocycles. The number of nitrogens with one attached hydrogen (secondary N) is 1. The van der Waals surface area contributed by atoms with E-state index in [0.717, 1.165) is 55.7 Å². The van der Waals surface area contributed by atoms with E-state index in [1.54, 1.807) is 18.4 Å². The minimum atomic E-state index is 0. The Balaban J connectivity index is 0.00000288. The van der Waals surface area contributed by atoms with Gasteiger partial charge in [-0.25, -0.2) is 4.98 Å². The maximum absolute atomic E-state index is 5.64. The first-order chi connectivity index (χ1) is 11.2. The molecule has 8 heteroatoms. The van der Waals surface area contributed by atoms with Gasteiger partial charge in [-0.05, 0) is 13.3 Å². The lowest BCUT2D eigenvalue weighted by molar-refractivity contribution is 0.0536. The monoisotopic (exact) mass is 468 g/mol. The average molecular weight is 468 g/mol. The number of aromatic nitrogens is 1. The number of ether oxygens (including phenoxy) is 2. The molecular weight excluding hydrogens is 439 g/mol. The summed E-state index contributed by atoms with van der Waals surface area (Å²) in [5.74, 6) is 1.56. The number of nitrogens with zero attached hydrogens (tertiary/aromatic N) is 3. The number of thiazole rings is 1. The lowest BCUT2D eigenvalue weighted by Crippen LogP contribution is -2.41. The van der Waals surface area contributed by atoms with Gasteiger partial charge in [-0.3, -0.25) is 4.99 Å². The van der Waals surface area contributed by atoms with E-state index in [1.807, 2.05) is 14.0 Å². The smallest absolute Gasteiger partial charge is 0.193 e. The van der Waals surface area contributed by atoms with E-state index in [4.69, 9.17) is 9.47 Å². The SMILES string of the molecule is CN=C(NCCc1csc(C)n1)N1CCC(COCCOC)C1.I. The van der Waals surface area contributed by atoms with Crippen molar-refractivity contribution in [2.75, 3.05) is 53.6 Å². The molecule has 0 aliphatic carbocycles. The number of rotatable bonds is 8. The minimum absolute atomic E-state index is 0. The van der Waals surface area contributed by atoms with Crippen molar-refractivity contribution in [1.82, 2.24) is 15.2 Å². The molecule has 1 atom stereocenters. The van der Waals surface area contributed by atoms with Crippen molar-refractivity contribution in [2.45, 2.75) is 19.8 Å². The van der Waals surface area contributed by atoms with Gasteiger partial charge in [0, 0.05) is 51.5 Å². The second-order valence-electron chi connectivity index (χ2n) is 5.75. The van der Waals surface area contributed by atoms with Crippen molar-refractivity contribution < 1.29 is 9.47 Å². The van der Waals surface area contributed by atoms with Crippen LogP contribution in [0, 0.1) is 12.8 Å². The third-order valence-electron chi connectivity index (χ3n) is 3.91. The normalized spacial score (nSPS) is 17.9. The molecule has 0 saturated carbocycles. The number of hydrogen-bond donors (Lipinski definition) is 1. The van der Waals surface area contributed by atoms with Crippen molar-refractivity contribution in [2.24, 2.45) is 10.9 Å². The molecule has 1 N–H and O–H groups in total. The summed E-state index contributed by atoms with van der Waals surface area (Å²) in [5, 5.41) is 6.70. The van der Waals surface area contributed by atoms with Gasteiger partial charge in [0.05, 0.1) is 30.5 Å². The molecule has 24 heavy (non-hydrogen) atoms. The second-order valence-corrected chi connectivity index (χ2v) is 6.81. The molecule has 1 aliphatic heterocycles. The predicted octanol–water partition coefficient (Wildman–Crippen LogP) is 2.17. The maximum atomic E-state index is 5.64. The summed E-state index contributed by atoms with van der Waals surface area (Å²) in [6.45, 7) is 7.08. The molecule has 0 bridgehead atoms. The highest BCUT2D eigenvalue weighted by Crippen LogP contribution is 2.16. The van der Waals surface area contributed by atoms with Crippen LogP contribution in [0.4, 0.5) is 0 Å². The van der Waals surface area contributed by atoms with Gasteiger partial charge in [0.1, 0.15) is 0 Å². The van der Waals surface area contributed by atoms with Crippen LogP contribution in [0.5, 0.6) is 0 Å². The van der Waals surface area contributed by atoms with E-state index in [9.17, 15) is 0 Å². The molecule has 0 amide bonds. The standard InChI is InChI=1S/C16H28N4O2S.HI/c1-13-19-15(12-23-13)4-6-18-16(17-2)20-7-5-14(10-20)11-22-9-8-21-3;/h12,14H,4-11H2,1-3H3,(H,17,18);1H. The third-order valence-corrected chi connectivity index (χ3v) is 4.74. The van der Waals surface area contributed by atoms with E-state index in [1.165, 1.54) is 0 Å². The summed E-state index contributed by atoms with van der Waals surface area (Å²) in [7, 11) is 3.54. The number of aliphatic imine (C=N–C) groups is 1. The van der Waals surface area contributed by atoms with Gasteiger partial charge in [-0.15, -0.1) is 35.3 Å². The number of likely N-dealkylation sites (tertiary alicyclic amines) is 1. The highest BCUT2D eigenvalue weighted by atomic mass is 127. The van der Waals surface area contributed by atoms with Crippen LogP contribution in [0.15, 0.2) is 10.4 Å². The van der Waals surface area contributed by atoms with Crippen LogP contribution in [0.1, 0.15) is 17.1 Å². The van der Waals surface area contributed by atoms with Gasteiger partial charge in [0.25, 0.3) is 0 Å². The van der Waals surface area contributed by atoms with Crippen LogP contribution >= 0.6 is 35.3 Å². The highest BCUT2D eigenvalue weighted by molar-refractivity contribution is 14.0. The van der Waals surface area contributed by atoms with E-state index >= 15 is 0 Å². The lowest BCUT2D eigenvalue weighted by Gasteiger charge is -2.21. The number of aryl methyl sites for hydroxylation is 1.